The highest BCUT2D eigenvalue weighted by Gasteiger charge is 2.34. The number of aromatic nitrogens is 2. The fourth-order valence-electron chi connectivity index (χ4n) is 2.85. The minimum absolute atomic E-state index is 0.00225. The molecule has 0 saturated carbocycles. The second-order valence-electron chi connectivity index (χ2n) is 6.10. The van der Waals surface area contributed by atoms with Crippen LogP contribution < -0.4 is 4.74 Å². The van der Waals surface area contributed by atoms with Gasteiger partial charge in [0.15, 0.2) is 5.78 Å². The summed E-state index contributed by atoms with van der Waals surface area (Å²) in [5.41, 5.74) is 3.35. The van der Waals surface area contributed by atoms with E-state index >= 15 is 0 Å². The van der Waals surface area contributed by atoms with E-state index in [1.165, 1.54) is 0 Å². The van der Waals surface area contributed by atoms with Crippen molar-refractivity contribution in [2.75, 3.05) is 7.11 Å². The number of ether oxygens (including phenoxy) is 1. The van der Waals surface area contributed by atoms with Crippen LogP contribution in [0.5, 0.6) is 5.75 Å². The van der Waals surface area contributed by atoms with Crippen LogP contribution in [0.2, 0.25) is 0 Å². The summed E-state index contributed by atoms with van der Waals surface area (Å²) in [6.07, 6.45) is 1.42. The maximum Gasteiger partial charge on any atom is 0.167 e. The van der Waals surface area contributed by atoms with E-state index in [4.69, 9.17) is 4.74 Å². The number of fused-ring (bicyclic) bond motifs is 1. The van der Waals surface area contributed by atoms with Gasteiger partial charge in [0.1, 0.15) is 11.4 Å². The molecule has 1 aromatic heterocycles. The third-order valence-electron chi connectivity index (χ3n) is 3.76. The number of methoxy groups -OCH3 is 1. The highest BCUT2D eigenvalue weighted by Crippen LogP contribution is 2.38. The van der Waals surface area contributed by atoms with E-state index in [2.05, 4.69) is 24.0 Å². The summed E-state index contributed by atoms with van der Waals surface area (Å²) in [5.74, 6) is 0.936. The molecule has 104 valence electrons. The normalized spacial score (nSPS) is 16.9. The Balaban J connectivity index is 2.09. The van der Waals surface area contributed by atoms with Crippen molar-refractivity contribution in [3.05, 3.63) is 35.5 Å². The highest BCUT2D eigenvalue weighted by atomic mass is 16.5. The van der Waals surface area contributed by atoms with E-state index in [9.17, 15) is 4.79 Å². The number of aromatic amines is 1. The first-order valence-electron chi connectivity index (χ1n) is 6.75. The van der Waals surface area contributed by atoms with Gasteiger partial charge in [0.25, 0.3) is 0 Å². The molecule has 0 amide bonds. The van der Waals surface area contributed by atoms with E-state index in [-0.39, 0.29) is 11.2 Å². The SMILES string of the molecule is COc1cccc(-c2n[nH]c3c2C(=O)CC(C)(C)C3)c1. The minimum atomic E-state index is 0.00225. The molecule has 0 saturated heterocycles. The Bertz CT molecular complexity index is 671. The van der Waals surface area contributed by atoms with E-state index in [0.717, 1.165) is 34.7 Å². The van der Waals surface area contributed by atoms with Gasteiger partial charge in [-0.05, 0) is 24.0 Å². The van der Waals surface area contributed by atoms with Gasteiger partial charge in [-0.1, -0.05) is 26.0 Å². The summed E-state index contributed by atoms with van der Waals surface area (Å²) in [6, 6.07) is 7.65. The fraction of sp³-hybridized carbons (Fsp3) is 0.375. The first-order chi connectivity index (χ1) is 9.50. The van der Waals surface area contributed by atoms with E-state index in [1.807, 2.05) is 24.3 Å². The molecule has 0 aliphatic heterocycles. The van der Waals surface area contributed by atoms with Gasteiger partial charge in [0, 0.05) is 17.7 Å². The molecule has 1 heterocycles. The van der Waals surface area contributed by atoms with Crippen LogP contribution in [0.4, 0.5) is 0 Å². The van der Waals surface area contributed by atoms with E-state index < -0.39 is 0 Å². The molecule has 0 bridgehead atoms. The van der Waals surface area contributed by atoms with Crippen molar-refractivity contribution in [1.82, 2.24) is 10.2 Å². The summed E-state index contributed by atoms with van der Waals surface area (Å²) >= 11 is 0. The summed E-state index contributed by atoms with van der Waals surface area (Å²) < 4.78 is 5.23. The maximum atomic E-state index is 12.4. The third-order valence-corrected chi connectivity index (χ3v) is 3.76. The number of nitrogens with one attached hydrogen (secondary N) is 1. The molecule has 1 aliphatic rings. The minimum Gasteiger partial charge on any atom is -0.497 e. The third kappa shape index (κ3) is 2.11. The largest absolute Gasteiger partial charge is 0.497 e. The predicted molar refractivity (Wildman–Crippen MR) is 77.0 cm³/mol. The number of ketones is 1. The van der Waals surface area contributed by atoms with Crippen molar-refractivity contribution in [1.29, 1.82) is 0 Å². The monoisotopic (exact) mass is 270 g/mol. The van der Waals surface area contributed by atoms with E-state index in [0.29, 0.717) is 6.42 Å². The van der Waals surface area contributed by atoms with Crippen LogP contribution in [-0.4, -0.2) is 23.1 Å². The Kier molecular flexibility index (Phi) is 2.89. The molecular formula is C16H18N2O2. The number of carbonyl (C=O) groups excluding carboxylic acids is 1. The first kappa shape index (κ1) is 12.9. The molecule has 3 rings (SSSR count). The molecule has 2 aromatic rings. The predicted octanol–water partition coefficient (Wildman–Crippen LogP) is 3.24. The number of nitrogens with zero attached hydrogens (tertiary/aromatic N) is 1. The standard InChI is InChI=1S/C16H18N2O2/c1-16(2)8-12-14(13(19)9-16)15(18-17-12)10-5-4-6-11(7-10)20-3/h4-7H,8-9H2,1-3H3,(H,17,18). The lowest BCUT2D eigenvalue weighted by Crippen LogP contribution is -2.26. The van der Waals surface area contributed by atoms with Crippen LogP contribution in [0.15, 0.2) is 24.3 Å². The van der Waals surface area contributed by atoms with Gasteiger partial charge < -0.3 is 4.74 Å². The van der Waals surface area contributed by atoms with Gasteiger partial charge in [-0.25, -0.2) is 0 Å². The fourth-order valence-corrected chi connectivity index (χ4v) is 2.85. The molecule has 20 heavy (non-hydrogen) atoms. The van der Waals surface area contributed by atoms with Gasteiger partial charge in [0.05, 0.1) is 12.7 Å². The van der Waals surface area contributed by atoms with Crippen molar-refractivity contribution in [2.24, 2.45) is 5.41 Å². The second kappa shape index (κ2) is 4.47. The molecule has 0 atom stereocenters. The van der Waals surface area contributed by atoms with Crippen molar-refractivity contribution in [3.63, 3.8) is 0 Å². The van der Waals surface area contributed by atoms with Crippen LogP contribution in [-0.2, 0) is 6.42 Å². The lowest BCUT2D eigenvalue weighted by Gasteiger charge is -2.27. The summed E-state index contributed by atoms with van der Waals surface area (Å²) in [6.45, 7) is 4.22. The van der Waals surface area contributed by atoms with Gasteiger partial charge in [-0.2, -0.15) is 5.10 Å². The Morgan fingerprint density at radius 2 is 2.10 bits per heavy atom. The molecule has 1 aliphatic carbocycles. The number of benzene rings is 1. The van der Waals surface area contributed by atoms with Crippen molar-refractivity contribution < 1.29 is 9.53 Å². The van der Waals surface area contributed by atoms with Crippen LogP contribution >= 0.6 is 0 Å². The van der Waals surface area contributed by atoms with Crippen molar-refractivity contribution in [3.8, 4) is 17.0 Å². The van der Waals surface area contributed by atoms with Crippen molar-refractivity contribution >= 4 is 5.78 Å². The Morgan fingerprint density at radius 3 is 2.85 bits per heavy atom. The lowest BCUT2D eigenvalue weighted by molar-refractivity contribution is 0.0912. The van der Waals surface area contributed by atoms with Crippen LogP contribution in [0, 0.1) is 5.41 Å². The molecule has 0 spiro atoms. The molecule has 1 aromatic carbocycles. The summed E-state index contributed by atoms with van der Waals surface area (Å²) in [5, 5.41) is 7.39. The molecule has 1 N–H and O–H groups in total. The quantitative estimate of drug-likeness (QED) is 0.911. The lowest BCUT2D eigenvalue weighted by atomic mass is 9.75. The van der Waals surface area contributed by atoms with E-state index in [1.54, 1.807) is 7.11 Å². The number of H-pyrrole nitrogens is 1. The first-order valence-corrected chi connectivity index (χ1v) is 6.75. The van der Waals surface area contributed by atoms with Crippen LogP contribution in [0.25, 0.3) is 11.3 Å². The Morgan fingerprint density at radius 1 is 1.30 bits per heavy atom. The topological polar surface area (TPSA) is 55.0 Å². The molecule has 0 unspecified atom stereocenters. The molecule has 4 heteroatoms. The smallest absolute Gasteiger partial charge is 0.167 e. The van der Waals surface area contributed by atoms with Crippen LogP contribution in [0.3, 0.4) is 0 Å². The van der Waals surface area contributed by atoms with Gasteiger partial charge in [-0.3, -0.25) is 9.89 Å². The van der Waals surface area contributed by atoms with Crippen LogP contribution in [0.1, 0.15) is 36.3 Å². The number of Topliss-reactive ketones (excluding diaryl/α,β-unsaturated/α-hetero) is 1. The number of rotatable bonds is 2. The van der Waals surface area contributed by atoms with Gasteiger partial charge in [-0.15, -0.1) is 0 Å². The summed E-state index contributed by atoms with van der Waals surface area (Å²) in [4.78, 5) is 12.4. The number of carbonyl (C=O) groups is 1. The number of hydrogen-bond donors (Lipinski definition) is 1. The van der Waals surface area contributed by atoms with Gasteiger partial charge >= 0.3 is 0 Å². The highest BCUT2D eigenvalue weighted by molar-refractivity contribution is 6.03. The average molecular weight is 270 g/mol. The number of hydrogen-bond acceptors (Lipinski definition) is 3. The molecule has 0 radical (unpaired) electrons. The zero-order chi connectivity index (χ0) is 14.3. The zero-order valence-electron chi connectivity index (χ0n) is 12.0. The summed E-state index contributed by atoms with van der Waals surface area (Å²) in [7, 11) is 1.63. The Hall–Kier alpha value is -2.10. The van der Waals surface area contributed by atoms with Gasteiger partial charge in [0.2, 0.25) is 0 Å². The molecule has 0 fully saturated rings. The maximum absolute atomic E-state index is 12.4. The Labute approximate surface area is 118 Å². The second-order valence-corrected chi connectivity index (χ2v) is 6.10. The van der Waals surface area contributed by atoms with Crippen molar-refractivity contribution in [2.45, 2.75) is 26.7 Å². The molecular weight excluding hydrogens is 252 g/mol. The average Bonchev–Trinajstić information content (AvgIpc) is 2.81. The zero-order valence-corrected chi connectivity index (χ0v) is 12.0. The molecule has 4 nitrogen and oxygen atoms in total.